The Labute approximate surface area is 193 Å². The number of carbonyl (C=O) groups is 1. The van der Waals surface area contributed by atoms with Crippen molar-refractivity contribution in [2.24, 2.45) is 0 Å². The minimum atomic E-state index is -4.76. The standard InChI is InChI=1S/C25H23F3N4O2/c1-4-17-7-9-18(10-8-17)29-21(33)14-31-22(34)13-20(25(26,27)28)23-16(3)30-32(24(23)31)19-11-5-15(2)6-12-19/h5-13H,4,14H2,1-3H3,(H,29,33). The van der Waals surface area contributed by atoms with Gasteiger partial charge in [-0.25, -0.2) is 4.68 Å². The first kappa shape index (κ1) is 23.3. The van der Waals surface area contributed by atoms with Crippen molar-refractivity contribution in [2.75, 3.05) is 5.32 Å². The zero-order chi connectivity index (χ0) is 24.6. The number of nitrogens with one attached hydrogen (secondary N) is 1. The van der Waals surface area contributed by atoms with Gasteiger partial charge < -0.3 is 5.32 Å². The van der Waals surface area contributed by atoms with E-state index in [1.807, 2.05) is 26.0 Å². The maximum atomic E-state index is 13.8. The van der Waals surface area contributed by atoms with Crippen LogP contribution in [0.15, 0.2) is 59.4 Å². The fraction of sp³-hybridized carbons (Fsp3) is 0.240. The van der Waals surface area contributed by atoms with Gasteiger partial charge in [0.05, 0.1) is 22.3 Å². The van der Waals surface area contributed by atoms with Crippen molar-refractivity contribution < 1.29 is 18.0 Å². The third kappa shape index (κ3) is 4.46. The Morgan fingerprint density at radius 2 is 1.68 bits per heavy atom. The number of amides is 1. The summed E-state index contributed by atoms with van der Waals surface area (Å²) in [6.45, 7) is 4.87. The molecule has 1 amide bonds. The summed E-state index contributed by atoms with van der Waals surface area (Å²) in [5, 5.41) is 6.79. The average molecular weight is 468 g/mol. The zero-order valence-electron chi connectivity index (χ0n) is 18.9. The molecule has 0 aliphatic heterocycles. The van der Waals surface area contributed by atoms with E-state index in [4.69, 9.17) is 0 Å². The molecule has 0 aliphatic carbocycles. The molecule has 1 N–H and O–H groups in total. The molecule has 0 aliphatic rings. The van der Waals surface area contributed by atoms with Gasteiger partial charge in [0.2, 0.25) is 5.91 Å². The number of hydrogen-bond donors (Lipinski definition) is 1. The highest BCUT2D eigenvalue weighted by atomic mass is 19.4. The molecule has 0 radical (unpaired) electrons. The molecule has 0 saturated heterocycles. The minimum absolute atomic E-state index is 0.0855. The third-order valence-electron chi connectivity index (χ3n) is 5.63. The number of benzene rings is 2. The first-order valence-electron chi connectivity index (χ1n) is 10.7. The van der Waals surface area contributed by atoms with Gasteiger partial charge in [-0.05, 0) is 50.1 Å². The van der Waals surface area contributed by atoms with E-state index in [0.717, 1.165) is 22.1 Å². The molecule has 2 aromatic carbocycles. The van der Waals surface area contributed by atoms with E-state index in [-0.39, 0.29) is 16.7 Å². The normalized spacial score (nSPS) is 11.7. The van der Waals surface area contributed by atoms with Crippen LogP contribution in [-0.4, -0.2) is 20.3 Å². The minimum Gasteiger partial charge on any atom is -0.325 e. The maximum Gasteiger partial charge on any atom is 0.417 e. The van der Waals surface area contributed by atoms with Crippen molar-refractivity contribution in [3.63, 3.8) is 0 Å². The average Bonchev–Trinajstić information content (AvgIpc) is 3.12. The molecule has 176 valence electrons. The fourth-order valence-electron chi connectivity index (χ4n) is 3.87. The van der Waals surface area contributed by atoms with E-state index in [2.05, 4.69) is 10.4 Å². The number of fused-ring (bicyclic) bond motifs is 1. The van der Waals surface area contributed by atoms with Gasteiger partial charge >= 0.3 is 6.18 Å². The summed E-state index contributed by atoms with van der Waals surface area (Å²) in [7, 11) is 0. The monoisotopic (exact) mass is 468 g/mol. The van der Waals surface area contributed by atoms with Crippen molar-refractivity contribution in [1.82, 2.24) is 14.3 Å². The molecule has 4 rings (SSSR count). The van der Waals surface area contributed by atoms with E-state index in [0.29, 0.717) is 17.4 Å². The smallest absolute Gasteiger partial charge is 0.325 e. The largest absolute Gasteiger partial charge is 0.417 e. The Morgan fingerprint density at radius 1 is 1.03 bits per heavy atom. The fourth-order valence-corrected chi connectivity index (χ4v) is 3.87. The Kier molecular flexibility index (Phi) is 6.03. The van der Waals surface area contributed by atoms with Crippen molar-refractivity contribution in [3.8, 4) is 5.69 Å². The molecule has 0 atom stereocenters. The number of hydrogen-bond acceptors (Lipinski definition) is 3. The second kappa shape index (κ2) is 8.81. The zero-order valence-corrected chi connectivity index (χ0v) is 18.9. The second-order valence-electron chi connectivity index (χ2n) is 8.11. The molecule has 2 aromatic heterocycles. The van der Waals surface area contributed by atoms with Crippen LogP contribution in [0.4, 0.5) is 18.9 Å². The number of nitrogens with zero attached hydrogens (tertiary/aromatic N) is 3. The van der Waals surface area contributed by atoms with Crippen molar-refractivity contribution in [3.05, 3.63) is 87.3 Å². The molecular formula is C25H23F3N4O2. The molecule has 0 bridgehead atoms. The summed E-state index contributed by atoms with van der Waals surface area (Å²) in [4.78, 5) is 25.7. The molecule has 4 aromatic rings. The molecular weight excluding hydrogens is 445 g/mol. The van der Waals surface area contributed by atoms with E-state index >= 15 is 0 Å². The highest BCUT2D eigenvalue weighted by Crippen LogP contribution is 2.36. The molecule has 9 heteroatoms. The highest BCUT2D eigenvalue weighted by molar-refractivity contribution is 5.92. The maximum absolute atomic E-state index is 13.8. The number of halogens is 3. The van der Waals surface area contributed by atoms with Crippen LogP contribution < -0.4 is 10.9 Å². The lowest BCUT2D eigenvalue weighted by Gasteiger charge is -2.15. The quantitative estimate of drug-likeness (QED) is 0.447. The molecule has 2 heterocycles. The van der Waals surface area contributed by atoms with Gasteiger partial charge in [0.15, 0.2) is 0 Å². The van der Waals surface area contributed by atoms with Gasteiger partial charge in [-0.3, -0.25) is 14.2 Å². The van der Waals surface area contributed by atoms with Crippen LogP contribution in [0.1, 0.15) is 29.3 Å². The van der Waals surface area contributed by atoms with E-state index in [1.54, 1.807) is 36.4 Å². The number of carbonyl (C=O) groups excluding carboxylic acids is 1. The number of pyridine rings is 1. The molecule has 6 nitrogen and oxygen atoms in total. The first-order valence-corrected chi connectivity index (χ1v) is 10.7. The number of aromatic nitrogens is 3. The predicted octanol–water partition coefficient (Wildman–Crippen LogP) is 5.02. The van der Waals surface area contributed by atoms with Crippen LogP contribution in [0.5, 0.6) is 0 Å². The lowest BCUT2D eigenvalue weighted by molar-refractivity contribution is -0.136. The van der Waals surface area contributed by atoms with Gasteiger partial charge in [-0.2, -0.15) is 18.3 Å². The van der Waals surface area contributed by atoms with Crippen molar-refractivity contribution in [2.45, 2.75) is 39.9 Å². The lowest BCUT2D eigenvalue weighted by Crippen LogP contribution is -2.30. The van der Waals surface area contributed by atoms with Crippen LogP contribution in [0.3, 0.4) is 0 Å². The Hall–Kier alpha value is -3.88. The third-order valence-corrected chi connectivity index (χ3v) is 5.63. The van der Waals surface area contributed by atoms with Crippen LogP contribution in [0.25, 0.3) is 16.7 Å². The summed E-state index contributed by atoms with van der Waals surface area (Å²) in [6.07, 6.45) is -3.92. The van der Waals surface area contributed by atoms with Crippen LogP contribution in [0.2, 0.25) is 0 Å². The van der Waals surface area contributed by atoms with E-state index < -0.39 is 29.8 Å². The molecule has 0 fully saturated rings. The number of aryl methyl sites for hydroxylation is 3. The van der Waals surface area contributed by atoms with E-state index in [9.17, 15) is 22.8 Å². The van der Waals surface area contributed by atoms with Crippen molar-refractivity contribution >= 4 is 22.6 Å². The summed E-state index contributed by atoms with van der Waals surface area (Å²) >= 11 is 0. The van der Waals surface area contributed by atoms with Gasteiger partial charge in [0.25, 0.3) is 5.56 Å². The van der Waals surface area contributed by atoms with Gasteiger partial charge in [0.1, 0.15) is 12.2 Å². The molecule has 0 saturated carbocycles. The number of alkyl halides is 3. The Bertz CT molecular complexity index is 1420. The summed E-state index contributed by atoms with van der Waals surface area (Å²) in [5.41, 5.74) is 1.06. The lowest BCUT2D eigenvalue weighted by atomic mass is 10.1. The van der Waals surface area contributed by atoms with Crippen LogP contribution >= 0.6 is 0 Å². The Balaban J connectivity index is 1.85. The second-order valence-corrected chi connectivity index (χ2v) is 8.11. The van der Waals surface area contributed by atoms with E-state index in [1.165, 1.54) is 11.6 Å². The SMILES string of the molecule is CCc1ccc(NC(=O)Cn2c(=O)cc(C(F)(F)F)c3c(C)nn(-c4ccc(C)cc4)c32)cc1. The number of rotatable bonds is 5. The van der Waals surface area contributed by atoms with Gasteiger partial charge in [-0.1, -0.05) is 36.8 Å². The Morgan fingerprint density at radius 3 is 2.26 bits per heavy atom. The van der Waals surface area contributed by atoms with Gasteiger partial charge in [-0.15, -0.1) is 0 Å². The summed E-state index contributed by atoms with van der Waals surface area (Å²) in [5.74, 6) is -0.540. The summed E-state index contributed by atoms with van der Waals surface area (Å²) in [6, 6.07) is 14.7. The predicted molar refractivity (Wildman–Crippen MR) is 124 cm³/mol. The number of anilines is 1. The van der Waals surface area contributed by atoms with Gasteiger partial charge in [0, 0.05) is 11.8 Å². The topological polar surface area (TPSA) is 68.9 Å². The van der Waals surface area contributed by atoms with Crippen LogP contribution in [-0.2, 0) is 23.9 Å². The molecule has 0 unspecified atom stereocenters. The highest BCUT2D eigenvalue weighted by Gasteiger charge is 2.36. The first-order chi connectivity index (χ1) is 16.1. The molecule has 34 heavy (non-hydrogen) atoms. The van der Waals surface area contributed by atoms with Crippen LogP contribution in [0, 0.1) is 13.8 Å². The molecule has 0 spiro atoms. The van der Waals surface area contributed by atoms with Crippen molar-refractivity contribution in [1.29, 1.82) is 0 Å². The summed E-state index contributed by atoms with van der Waals surface area (Å²) < 4.78 is 43.8.